The summed E-state index contributed by atoms with van der Waals surface area (Å²) in [5.74, 6) is 1.04. The van der Waals surface area contributed by atoms with Gasteiger partial charge >= 0.3 is 0 Å². The van der Waals surface area contributed by atoms with Crippen LogP contribution >= 0.6 is 0 Å². The fourth-order valence-electron chi connectivity index (χ4n) is 16.7. The number of rotatable bonds is 21. The van der Waals surface area contributed by atoms with Crippen LogP contribution in [0, 0.1) is 36.3 Å². The van der Waals surface area contributed by atoms with Gasteiger partial charge in [0.25, 0.3) is 0 Å². The van der Waals surface area contributed by atoms with Gasteiger partial charge in [-0.2, -0.15) is 0 Å². The molecule has 2 unspecified atom stereocenters. The normalized spacial score (nSPS) is 17.4. The number of benzene rings is 13. The molecule has 2 aliphatic heterocycles. The minimum absolute atomic E-state index is 0.0201. The molecule has 0 amide bonds. The average molecular weight is 1380 g/mol. The van der Waals surface area contributed by atoms with Gasteiger partial charge < -0.3 is 28.7 Å². The molecule has 0 bridgehead atoms. The molecule has 518 valence electrons. The van der Waals surface area contributed by atoms with Gasteiger partial charge in [0.05, 0.1) is 61.3 Å². The van der Waals surface area contributed by atoms with Crippen molar-refractivity contribution in [3.05, 3.63) is 377 Å². The number of halogens is 2. The van der Waals surface area contributed by atoms with Gasteiger partial charge in [0.2, 0.25) is 0 Å². The number of nitrogens with zero attached hydrogens (tertiary/aromatic N) is 2. The van der Waals surface area contributed by atoms with E-state index < -0.39 is 10.8 Å². The topological polar surface area (TPSA) is 43.4 Å². The smallest absolute Gasteiger partial charge is 0.128 e. The van der Waals surface area contributed by atoms with Crippen LogP contribution < -0.4 is 19.3 Å². The van der Waals surface area contributed by atoms with Crippen molar-refractivity contribution in [1.29, 1.82) is 0 Å². The molecule has 13 aromatic rings. The molecule has 6 nitrogen and oxygen atoms in total. The molecule has 17 rings (SSSR count). The summed E-state index contributed by atoms with van der Waals surface area (Å²) < 4.78 is 57.0. The van der Waals surface area contributed by atoms with E-state index in [1.807, 2.05) is 30.3 Å². The molecule has 0 radical (unpaired) electrons. The second kappa shape index (κ2) is 27.0. The Morgan fingerprint density at radius 1 is 0.400 bits per heavy atom. The minimum Gasteiger partial charge on any atom is -0.493 e. The molecule has 0 spiro atoms. The van der Waals surface area contributed by atoms with E-state index in [1.165, 1.54) is 5.56 Å². The van der Waals surface area contributed by atoms with Crippen LogP contribution in [0.1, 0.15) is 89.2 Å². The van der Waals surface area contributed by atoms with E-state index in [1.54, 1.807) is 26.0 Å². The van der Waals surface area contributed by atoms with E-state index in [0.29, 0.717) is 62.1 Å². The van der Waals surface area contributed by atoms with E-state index >= 15 is 8.78 Å². The standard InChI is InChI=1S/C97H82F2N2O4/c1-7-17-88-84(8-2)86-50-44-78(54-90(86)96(88,74-32-26-66-18-11-13-20-70(66)52-74)72-34-46-82(47-35-72)104-62-94(9-3)58-102-59-94)100(80-38-24-64(5)92(98)56-80)76-40-28-68(29-41-76)69-30-42-77(43-31-69)101(81-39-25-65(6)93(99)57-81)79-45-51-87-85-22-15-16-23-89(85)97(91(87)55-79,75-33-27-67-19-12-14-21-71(67)53-75)73-36-48-83(49-37-73)105-63-95(10-4)60-103-61-95/h7-8,11-57H,2,9-10,58-63H2,1,3-6H3/b17-7-. The molecule has 4 aliphatic rings. The molecule has 0 N–H and O–H groups in total. The summed E-state index contributed by atoms with van der Waals surface area (Å²) in [6.07, 6.45) is 8.33. The summed E-state index contributed by atoms with van der Waals surface area (Å²) in [7, 11) is 0. The third-order valence-corrected chi connectivity index (χ3v) is 23.0. The number of aryl methyl sites for hydroxylation is 2. The second-order valence-electron chi connectivity index (χ2n) is 29.1. The minimum atomic E-state index is -0.832. The first-order valence-electron chi connectivity index (χ1n) is 36.7. The third-order valence-electron chi connectivity index (χ3n) is 23.0. The van der Waals surface area contributed by atoms with Crippen LogP contribution in [-0.2, 0) is 20.3 Å². The maximum atomic E-state index is 16.3. The quantitative estimate of drug-likeness (QED) is 0.0714. The molecule has 2 fully saturated rings. The first-order chi connectivity index (χ1) is 51.4. The highest BCUT2D eigenvalue weighted by Crippen LogP contribution is 2.60. The van der Waals surface area contributed by atoms with Crippen molar-refractivity contribution in [3.63, 3.8) is 0 Å². The first kappa shape index (κ1) is 66.8. The largest absolute Gasteiger partial charge is 0.493 e. The van der Waals surface area contributed by atoms with E-state index in [2.05, 4.69) is 292 Å². The molecule has 105 heavy (non-hydrogen) atoms. The first-order valence-corrected chi connectivity index (χ1v) is 36.7. The third kappa shape index (κ3) is 11.4. The van der Waals surface area contributed by atoms with Gasteiger partial charge in [0.15, 0.2) is 0 Å². The van der Waals surface area contributed by atoms with Crippen LogP contribution in [0.5, 0.6) is 11.5 Å². The van der Waals surface area contributed by atoms with Gasteiger partial charge in [-0.3, -0.25) is 0 Å². The number of allylic oxidation sites excluding steroid dienone is 5. The Kier molecular flexibility index (Phi) is 17.2. The molecule has 0 aromatic heterocycles. The Morgan fingerprint density at radius 2 is 0.800 bits per heavy atom. The molecule has 13 aromatic carbocycles. The van der Waals surface area contributed by atoms with Gasteiger partial charge in [-0.25, -0.2) is 8.78 Å². The Hall–Kier alpha value is -11.4. The lowest BCUT2D eigenvalue weighted by atomic mass is 9.66. The maximum Gasteiger partial charge on any atom is 0.128 e. The molecule has 8 heteroatoms. The summed E-state index contributed by atoms with van der Waals surface area (Å²) in [5, 5.41) is 4.60. The number of fused-ring (bicyclic) bond motifs is 6. The molecular formula is C97H82F2N2O4. The highest BCUT2D eigenvalue weighted by Gasteiger charge is 2.49. The number of hydrogen-bond donors (Lipinski definition) is 0. The van der Waals surface area contributed by atoms with Crippen molar-refractivity contribution in [2.75, 3.05) is 49.4 Å². The van der Waals surface area contributed by atoms with Crippen molar-refractivity contribution >= 4 is 61.2 Å². The Balaban J connectivity index is 0.757. The lowest BCUT2D eigenvalue weighted by molar-refractivity contribution is -0.133. The monoisotopic (exact) mass is 1380 g/mol. The van der Waals surface area contributed by atoms with Crippen molar-refractivity contribution < 1.29 is 27.7 Å². The highest BCUT2D eigenvalue weighted by molar-refractivity contribution is 5.96. The van der Waals surface area contributed by atoms with Crippen LogP contribution in [0.25, 0.3) is 49.4 Å². The Labute approximate surface area is 614 Å². The number of anilines is 6. The molecular weight excluding hydrogens is 1300 g/mol. The van der Waals surface area contributed by atoms with Crippen LogP contribution in [0.4, 0.5) is 42.9 Å². The van der Waals surface area contributed by atoms with Crippen molar-refractivity contribution in [1.82, 2.24) is 0 Å². The summed E-state index contributed by atoms with van der Waals surface area (Å²) in [6, 6.07) is 98.5. The second-order valence-corrected chi connectivity index (χ2v) is 29.1. The predicted molar refractivity (Wildman–Crippen MR) is 426 cm³/mol. The van der Waals surface area contributed by atoms with Crippen LogP contribution in [-0.4, -0.2) is 39.6 Å². The lowest BCUT2D eigenvalue weighted by Crippen LogP contribution is -2.46. The van der Waals surface area contributed by atoms with Gasteiger partial charge in [0, 0.05) is 34.1 Å². The number of ether oxygens (including phenoxy) is 4. The predicted octanol–water partition coefficient (Wildman–Crippen LogP) is 24.3. The summed E-state index contributed by atoms with van der Waals surface area (Å²) in [4.78, 5) is 4.33. The molecule has 2 heterocycles. The lowest BCUT2D eigenvalue weighted by Gasteiger charge is -2.40. The van der Waals surface area contributed by atoms with Gasteiger partial charge in [-0.05, 0) is 253 Å². The van der Waals surface area contributed by atoms with Crippen molar-refractivity contribution in [2.45, 2.75) is 58.3 Å². The van der Waals surface area contributed by atoms with Crippen molar-refractivity contribution in [3.8, 4) is 33.8 Å². The van der Waals surface area contributed by atoms with Crippen LogP contribution in [0.2, 0.25) is 0 Å². The van der Waals surface area contributed by atoms with Gasteiger partial charge in [0.1, 0.15) is 23.1 Å². The van der Waals surface area contributed by atoms with Gasteiger partial charge in [-0.15, -0.1) is 0 Å². The Morgan fingerprint density at radius 3 is 1.26 bits per heavy atom. The molecule has 0 saturated carbocycles. The highest BCUT2D eigenvalue weighted by atomic mass is 19.1. The Bertz CT molecular complexity index is 5570. The number of hydrogen-bond acceptors (Lipinski definition) is 6. The zero-order chi connectivity index (χ0) is 71.6. The fourth-order valence-corrected chi connectivity index (χ4v) is 16.7. The SMILES string of the molecule is C=CC1=C(/C=C\C)C(c2ccc(OCC3(CC)COC3)cc2)(c2ccc3ccccc3c2)c2cc(N(c3ccc(-c4ccc(N(c5ccc(C)c(F)c5)c5ccc6c(c5)C(c5ccc(OCC7(CC)COC7)cc5)(c5ccc7ccccc7c5)c5ccccc5-6)cc4)cc3)c3ccc(C)c(F)c3)ccc21. The van der Waals surface area contributed by atoms with Crippen LogP contribution in [0.15, 0.2) is 309 Å². The van der Waals surface area contributed by atoms with E-state index in [4.69, 9.17) is 18.9 Å². The van der Waals surface area contributed by atoms with Gasteiger partial charge in [-0.1, -0.05) is 209 Å². The summed E-state index contributed by atoms with van der Waals surface area (Å²) >= 11 is 0. The van der Waals surface area contributed by atoms with E-state index in [9.17, 15) is 0 Å². The van der Waals surface area contributed by atoms with Crippen molar-refractivity contribution in [2.24, 2.45) is 10.8 Å². The fraction of sp³-hybridized carbons (Fsp3) is 0.175. The zero-order valence-corrected chi connectivity index (χ0v) is 59.9. The summed E-state index contributed by atoms with van der Waals surface area (Å²) in [6.45, 7) is 18.6. The van der Waals surface area contributed by atoms with E-state index in [0.717, 1.165) is 141 Å². The van der Waals surface area contributed by atoms with E-state index in [-0.39, 0.29) is 22.5 Å². The summed E-state index contributed by atoms with van der Waals surface area (Å²) in [5.41, 5.74) is 19.7. The molecule has 2 saturated heterocycles. The maximum absolute atomic E-state index is 16.3. The average Bonchev–Trinajstić information content (AvgIpc) is 1.55. The zero-order valence-electron chi connectivity index (χ0n) is 59.9. The molecule has 2 aliphatic carbocycles. The van der Waals surface area contributed by atoms with Crippen LogP contribution in [0.3, 0.4) is 0 Å². The molecule has 2 atom stereocenters.